The van der Waals surface area contributed by atoms with Crippen LogP contribution in [0.5, 0.6) is 0 Å². The molecule has 0 saturated carbocycles. The van der Waals surface area contributed by atoms with Gasteiger partial charge in [0.05, 0.1) is 6.04 Å². The quantitative estimate of drug-likeness (QED) is 0.615. The molecule has 2 unspecified atom stereocenters. The first-order valence-corrected chi connectivity index (χ1v) is 9.78. The third-order valence-electron chi connectivity index (χ3n) is 4.92. The normalized spacial score (nSPS) is 12.6. The minimum absolute atomic E-state index is 0.208. The number of aromatic nitrogens is 1. The first-order valence-electron chi connectivity index (χ1n) is 9.78. The fraction of sp³-hybridized carbons (Fsp3) is 0.208. The molecule has 1 heterocycles. The van der Waals surface area contributed by atoms with Crippen LogP contribution in [0.2, 0.25) is 0 Å². The van der Waals surface area contributed by atoms with E-state index < -0.39 is 12.2 Å². The highest BCUT2D eigenvalue weighted by molar-refractivity contribution is 5.94. The van der Waals surface area contributed by atoms with Crippen LogP contribution in [0.4, 0.5) is 4.39 Å². The van der Waals surface area contributed by atoms with Crippen molar-refractivity contribution in [2.75, 3.05) is 13.6 Å². The molecular weight excluding hydrogens is 381 g/mol. The monoisotopic (exact) mass is 405 g/mol. The minimum atomic E-state index is -1.39. The molecule has 1 N–H and O–H groups in total. The average molecular weight is 405 g/mol. The van der Waals surface area contributed by atoms with Gasteiger partial charge in [0.2, 0.25) is 0 Å². The molecule has 6 heteroatoms. The molecule has 0 aliphatic rings. The van der Waals surface area contributed by atoms with Crippen LogP contribution >= 0.6 is 0 Å². The minimum Gasteiger partial charge on any atom is -0.351 e. The van der Waals surface area contributed by atoms with Gasteiger partial charge in [-0.2, -0.15) is 0 Å². The predicted molar refractivity (Wildman–Crippen MR) is 114 cm³/mol. The zero-order chi connectivity index (χ0) is 21.3. The fourth-order valence-corrected chi connectivity index (χ4v) is 3.25. The van der Waals surface area contributed by atoms with Gasteiger partial charge in [-0.05, 0) is 36.2 Å². The molecule has 2 aromatic carbocycles. The summed E-state index contributed by atoms with van der Waals surface area (Å²) in [6.07, 6.45) is 0.399. The smallest absolute Gasteiger partial charge is 0.269 e. The lowest BCUT2D eigenvalue weighted by Gasteiger charge is -2.31. The number of pyridine rings is 1. The summed E-state index contributed by atoms with van der Waals surface area (Å²) in [5.74, 6) is -0.600. The molecule has 3 rings (SSSR count). The molecule has 2 atom stereocenters. The van der Waals surface area contributed by atoms with Gasteiger partial charge >= 0.3 is 0 Å². The number of carbonyl (C=O) groups excluding carboxylic acids is 2. The van der Waals surface area contributed by atoms with Gasteiger partial charge < -0.3 is 10.2 Å². The van der Waals surface area contributed by atoms with E-state index in [-0.39, 0.29) is 24.8 Å². The number of nitrogens with one attached hydrogen (secondary N) is 1. The molecule has 0 bridgehead atoms. The Morgan fingerprint density at radius 3 is 2.23 bits per heavy atom. The maximum Gasteiger partial charge on any atom is 0.269 e. The van der Waals surface area contributed by atoms with Gasteiger partial charge in [-0.25, -0.2) is 4.39 Å². The molecule has 30 heavy (non-hydrogen) atoms. The molecule has 0 radical (unpaired) electrons. The van der Waals surface area contributed by atoms with E-state index in [0.29, 0.717) is 16.8 Å². The van der Waals surface area contributed by atoms with E-state index >= 15 is 4.39 Å². The number of benzene rings is 2. The third-order valence-corrected chi connectivity index (χ3v) is 4.92. The number of nitrogens with zero attached hydrogens (tertiary/aromatic N) is 2. The van der Waals surface area contributed by atoms with Crippen molar-refractivity contribution in [3.05, 3.63) is 102 Å². The summed E-state index contributed by atoms with van der Waals surface area (Å²) in [5, 5.41) is 2.76. The molecule has 0 saturated heterocycles. The Morgan fingerprint density at radius 2 is 1.60 bits per heavy atom. The number of rotatable bonds is 8. The number of carbonyl (C=O) groups is 2. The van der Waals surface area contributed by atoms with Crippen LogP contribution in [0.25, 0.3) is 0 Å². The molecule has 5 nitrogen and oxygen atoms in total. The van der Waals surface area contributed by atoms with Crippen LogP contribution in [0.3, 0.4) is 0 Å². The summed E-state index contributed by atoms with van der Waals surface area (Å²) >= 11 is 0. The molecular formula is C24H24FN3O2. The number of hydrogen-bond acceptors (Lipinski definition) is 3. The van der Waals surface area contributed by atoms with E-state index in [1.165, 1.54) is 11.1 Å². The van der Waals surface area contributed by atoms with Crippen LogP contribution in [0.1, 0.15) is 39.0 Å². The zero-order valence-electron chi connectivity index (χ0n) is 16.7. The summed E-state index contributed by atoms with van der Waals surface area (Å²) in [5.41, 5.74) is 1.27. The van der Waals surface area contributed by atoms with Crippen LogP contribution in [-0.2, 0) is 0 Å². The standard InChI is InChI=1S/C24H24FN3O2/c1-28(24(30)19-12-6-3-7-13-19)21(22(25)18-10-4-2-5-11-18)15-17-27-23(29)20-14-8-9-16-26-20/h2-14,16,21-22H,15,17H2,1H3,(H,27,29). The Morgan fingerprint density at radius 1 is 0.967 bits per heavy atom. The van der Waals surface area contributed by atoms with Gasteiger partial charge in [0.1, 0.15) is 11.9 Å². The van der Waals surface area contributed by atoms with Crippen molar-refractivity contribution in [1.29, 1.82) is 0 Å². The highest BCUT2D eigenvalue weighted by Gasteiger charge is 2.30. The van der Waals surface area contributed by atoms with Gasteiger partial charge in [-0.15, -0.1) is 0 Å². The van der Waals surface area contributed by atoms with Crippen LogP contribution < -0.4 is 5.32 Å². The SMILES string of the molecule is CN(C(=O)c1ccccc1)C(CCNC(=O)c1ccccn1)C(F)c1ccccc1. The van der Waals surface area contributed by atoms with E-state index in [2.05, 4.69) is 10.3 Å². The van der Waals surface area contributed by atoms with E-state index in [9.17, 15) is 9.59 Å². The first kappa shape index (κ1) is 21.2. The summed E-state index contributed by atoms with van der Waals surface area (Å²) < 4.78 is 15.5. The highest BCUT2D eigenvalue weighted by atomic mass is 19.1. The molecule has 1 aromatic heterocycles. The Balaban J connectivity index is 1.73. The lowest BCUT2D eigenvalue weighted by molar-refractivity contribution is 0.0612. The van der Waals surface area contributed by atoms with Gasteiger partial charge in [0.25, 0.3) is 11.8 Å². The van der Waals surface area contributed by atoms with Crippen molar-refractivity contribution in [2.24, 2.45) is 0 Å². The van der Waals surface area contributed by atoms with Gasteiger partial charge in [-0.3, -0.25) is 14.6 Å². The molecule has 2 amide bonds. The Bertz CT molecular complexity index is 952. The summed E-state index contributed by atoms with van der Waals surface area (Å²) in [6.45, 7) is 0.208. The Kier molecular flexibility index (Phi) is 7.27. The topological polar surface area (TPSA) is 62.3 Å². The fourth-order valence-electron chi connectivity index (χ4n) is 3.25. The number of amides is 2. The number of halogens is 1. The third kappa shape index (κ3) is 5.29. The predicted octanol–water partition coefficient (Wildman–Crippen LogP) is 4.05. The van der Waals surface area contributed by atoms with E-state index in [1.54, 1.807) is 73.8 Å². The second kappa shape index (κ2) is 10.3. The second-order valence-electron chi connectivity index (χ2n) is 6.92. The van der Waals surface area contributed by atoms with Gasteiger partial charge in [0, 0.05) is 25.4 Å². The largest absolute Gasteiger partial charge is 0.351 e. The molecule has 0 aliphatic carbocycles. The van der Waals surface area contributed by atoms with Crippen LogP contribution in [-0.4, -0.2) is 41.3 Å². The number of alkyl halides is 1. The Hall–Kier alpha value is -3.54. The zero-order valence-corrected chi connectivity index (χ0v) is 16.7. The highest BCUT2D eigenvalue weighted by Crippen LogP contribution is 2.27. The summed E-state index contributed by atoms with van der Waals surface area (Å²) in [4.78, 5) is 30.6. The maximum absolute atomic E-state index is 15.5. The van der Waals surface area contributed by atoms with E-state index in [0.717, 1.165) is 0 Å². The van der Waals surface area contributed by atoms with E-state index in [1.807, 2.05) is 12.1 Å². The maximum atomic E-state index is 15.5. The van der Waals surface area contributed by atoms with E-state index in [4.69, 9.17) is 0 Å². The lowest BCUT2D eigenvalue weighted by atomic mass is 9.99. The van der Waals surface area contributed by atoms with Crippen molar-refractivity contribution in [3.8, 4) is 0 Å². The van der Waals surface area contributed by atoms with Crippen LogP contribution in [0, 0.1) is 0 Å². The van der Waals surface area contributed by atoms with Crippen LogP contribution in [0.15, 0.2) is 85.1 Å². The summed E-state index contributed by atoms with van der Waals surface area (Å²) in [6, 6.07) is 21.8. The molecule has 0 fully saturated rings. The summed E-state index contributed by atoms with van der Waals surface area (Å²) in [7, 11) is 1.59. The Labute approximate surface area is 175 Å². The van der Waals surface area contributed by atoms with Crippen molar-refractivity contribution in [3.63, 3.8) is 0 Å². The first-order chi connectivity index (χ1) is 14.6. The molecule has 0 spiro atoms. The number of hydrogen-bond donors (Lipinski definition) is 1. The number of likely N-dealkylation sites (N-methyl/N-ethyl adjacent to an activating group) is 1. The van der Waals surface area contributed by atoms with Crippen molar-refractivity contribution in [1.82, 2.24) is 15.2 Å². The van der Waals surface area contributed by atoms with Gasteiger partial charge in [0.15, 0.2) is 0 Å². The lowest BCUT2D eigenvalue weighted by Crippen LogP contribution is -2.42. The second-order valence-corrected chi connectivity index (χ2v) is 6.92. The van der Waals surface area contributed by atoms with Crippen molar-refractivity contribution in [2.45, 2.75) is 18.6 Å². The van der Waals surface area contributed by atoms with Gasteiger partial charge in [-0.1, -0.05) is 54.6 Å². The molecule has 154 valence electrons. The van der Waals surface area contributed by atoms with Crippen molar-refractivity contribution >= 4 is 11.8 Å². The molecule has 0 aliphatic heterocycles. The molecule has 3 aromatic rings. The van der Waals surface area contributed by atoms with Crippen molar-refractivity contribution < 1.29 is 14.0 Å². The average Bonchev–Trinajstić information content (AvgIpc) is 2.82.